The molecule has 1 fully saturated rings. The average Bonchev–Trinajstić information content (AvgIpc) is 2.54. The smallest absolute Gasteiger partial charge is 0.325 e. The Morgan fingerprint density at radius 2 is 1.96 bits per heavy atom. The van der Waals surface area contributed by atoms with Crippen LogP contribution in [0.5, 0.6) is 11.5 Å². The molecular formula is C18H18N2O3. The molecule has 0 radical (unpaired) electrons. The number of fused-ring (bicyclic) bond motifs is 4. The monoisotopic (exact) mass is 310 g/mol. The first-order valence-corrected chi connectivity index (χ1v) is 7.64. The Kier molecular flexibility index (Phi) is 2.98. The van der Waals surface area contributed by atoms with E-state index in [2.05, 4.69) is 5.32 Å². The van der Waals surface area contributed by atoms with Crippen molar-refractivity contribution >= 4 is 11.7 Å². The zero-order chi connectivity index (χ0) is 16.0. The quantitative estimate of drug-likeness (QED) is 0.924. The lowest BCUT2D eigenvalue weighted by atomic mass is 9.90. The number of carbonyl (C=O) groups excluding carboxylic acids is 1. The van der Waals surface area contributed by atoms with Crippen molar-refractivity contribution in [2.45, 2.75) is 25.1 Å². The maximum Gasteiger partial charge on any atom is 0.325 e. The number of amides is 2. The first kappa shape index (κ1) is 13.9. The maximum absolute atomic E-state index is 12.8. The van der Waals surface area contributed by atoms with E-state index >= 15 is 0 Å². The minimum atomic E-state index is -0.754. The van der Waals surface area contributed by atoms with Crippen LogP contribution >= 0.6 is 0 Å². The van der Waals surface area contributed by atoms with Crippen molar-refractivity contribution in [3.8, 4) is 11.5 Å². The molecule has 2 atom stereocenters. The molecule has 2 aromatic carbocycles. The van der Waals surface area contributed by atoms with Gasteiger partial charge in [-0.3, -0.25) is 4.90 Å². The van der Waals surface area contributed by atoms with Crippen LogP contribution in [0.3, 0.4) is 0 Å². The second kappa shape index (κ2) is 4.91. The Hall–Kier alpha value is -2.69. The lowest BCUT2D eigenvalue weighted by molar-refractivity contribution is 0.0375. The molecule has 1 N–H and O–H groups in total. The van der Waals surface area contributed by atoms with Crippen molar-refractivity contribution in [2.75, 3.05) is 12.0 Å². The first-order chi connectivity index (χ1) is 11.1. The van der Waals surface area contributed by atoms with Gasteiger partial charge >= 0.3 is 6.03 Å². The molecule has 0 spiro atoms. The van der Waals surface area contributed by atoms with Crippen LogP contribution in [0, 0.1) is 0 Å². The lowest BCUT2D eigenvalue weighted by Crippen LogP contribution is -2.65. The fraction of sp³-hybridized carbons (Fsp3) is 0.278. The highest BCUT2D eigenvalue weighted by molar-refractivity contribution is 5.96. The average molecular weight is 310 g/mol. The number of para-hydroxylation sites is 3. The van der Waals surface area contributed by atoms with Crippen LogP contribution in [0.25, 0.3) is 0 Å². The molecule has 2 aliphatic heterocycles. The van der Waals surface area contributed by atoms with Gasteiger partial charge in [0, 0.05) is 12.0 Å². The zero-order valence-electron chi connectivity index (χ0n) is 13.1. The third-order valence-electron chi connectivity index (χ3n) is 4.51. The summed E-state index contributed by atoms with van der Waals surface area (Å²) in [7, 11) is 1.60. The molecule has 2 heterocycles. The topological polar surface area (TPSA) is 50.8 Å². The minimum Gasteiger partial charge on any atom is -0.495 e. The fourth-order valence-corrected chi connectivity index (χ4v) is 3.50. The standard InChI is InChI=1S/C18H18N2O3/c1-18-11-13(12-7-3-5-9-15(12)23-18)19-17(21)20(18)14-8-4-6-10-16(14)22-2/h3-10,13H,11H2,1-2H3,(H,19,21). The van der Waals surface area contributed by atoms with Gasteiger partial charge < -0.3 is 14.8 Å². The Bertz CT molecular complexity index is 776. The second-order valence-corrected chi connectivity index (χ2v) is 6.03. The largest absolute Gasteiger partial charge is 0.495 e. The van der Waals surface area contributed by atoms with E-state index in [1.807, 2.05) is 55.5 Å². The highest BCUT2D eigenvalue weighted by Gasteiger charge is 2.50. The van der Waals surface area contributed by atoms with Crippen LogP contribution in [-0.4, -0.2) is 18.9 Å². The number of hydrogen-bond acceptors (Lipinski definition) is 3. The molecule has 4 rings (SSSR count). The van der Waals surface area contributed by atoms with Gasteiger partial charge in [-0.05, 0) is 25.1 Å². The van der Waals surface area contributed by atoms with Crippen LogP contribution in [0.15, 0.2) is 48.5 Å². The summed E-state index contributed by atoms with van der Waals surface area (Å²) in [6.07, 6.45) is 0.674. The van der Waals surface area contributed by atoms with Crippen LogP contribution in [0.1, 0.15) is 24.9 Å². The molecule has 2 aliphatic rings. The number of carbonyl (C=O) groups is 1. The number of nitrogens with one attached hydrogen (secondary N) is 1. The van der Waals surface area contributed by atoms with E-state index in [0.717, 1.165) is 11.3 Å². The highest BCUT2D eigenvalue weighted by Crippen LogP contribution is 2.46. The van der Waals surface area contributed by atoms with Gasteiger partial charge in [-0.25, -0.2) is 4.79 Å². The van der Waals surface area contributed by atoms with Gasteiger partial charge in [-0.1, -0.05) is 30.3 Å². The molecule has 5 heteroatoms. The molecule has 23 heavy (non-hydrogen) atoms. The Morgan fingerprint density at radius 3 is 2.78 bits per heavy atom. The summed E-state index contributed by atoms with van der Waals surface area (Å²) in [6.45, 7) is 1.95. The number of rotatable bonds is 2. The number of hydrogen-bond donors (Lipinski definition) is 1. The van der Waals surface area contributed by atoms with E-state index < -0.39 is 5.72 Å². The van der Waals surface area contributed by atoms with E-state index in [0.29, 0.717) is 17.9 Å². The van der Waals surface area contributed by atoms with Gasteiger partial charge in [-0.15, -0.1) is 0 Å². The normalized spacial score (nSPS) is 25.2. The molecule has 2 amide bonds. The summed E-state index contributed by atoms with van der Waals surface area (Å²) in [4.78, 5) is 14.4. The van der Waals surface area contributed by atoms with Crippen LogP contribution in [-0.2, 0) is 0 Å². The number of nitrogens with zero attached hydrogens (tertiary/aromatic N) is 1. The fourth-order valence-electron chi connectivity index (χ4n) is 3.50. The zero-order valence-corrected chi connectivity index (χ0v) is 13.1. The number of methoxy groups -OCH3 is 1. The van der Waals surface area contributed by atoms with Gasteiger partial charge in [0.1, 0.15) is 11.5 Å². The van der Waals surface area contributed by atoms with Crippen molar-refractivity contribution in [3.63, 3.8) is 0 Å². The van der Waals surface area contributed by atoms with E-state index in [9.17, 15) is 4.79 Å². The number of ether oxygens (including phenoxy) is 2. The first-order valence-electron chi connectivity index (χ1n) is 7.64. The highest BCUT2D eigenvalue weighted by atomic mass is 16.5. The molecule has 2 aromatic rings. The minimum absolute atomic E-state index is 0.0385. The molecule has 118 valence electrons. The number of anilines is 1. The van der Waals surface area contributed by atoms with Gasteiger partial charge in [0.25, 0.3) is 0 Å². The molecular weight excluding hydrogens is 292 g/mol. The molecule has 0 aromatic heterocycles. The van der Waals surface area contributed by atoms with Gasteiger partial charge in [-0.2, -0.15) is 0 Å². The Morgan fingerprint density at radius 1 is 1.22 bits per heavy atom. The van der Waals surface area contributed by atoms with Crippen molar-refractivity contribution in [3.05, 3.63) is 54.1 Å². The summed E-state index contributed by atoms with van der Waals surface area (Å²) in [6, 6.07) is 15.1. The van der Waals surface area contributed by atoms with E-state index in [1.165, 1.54) is 0 Å². The summed E-state index contributed by atoms with van der Waals surface area (Å²) in [5, 5.41) is 3.08. The molecule has 5 nitrogen and oxygen atoms in total. The van der Waals surface area contributed by atoms with E-state index in [4.69, 9.17) is 9.47 Å². The number of benzene rings is 2. The number of urea groups is 1. The van der Waals surface area contributed by atoms with Gasteiger partial charge in [0.05, 0.1) is 18.8 Å². The summed E-state index contributed by atoms with van der Waals surface area (Å²) in [5.41, 5.74) is 0.974. The molecule has 2 unspecified atom stereocenters. The summed E-state index contributed by atoms with van der Waals surface area (Å²) < 4.78 is 11.7. The van der Waals surface area contributed by atoms with Crippen molar-refractivity contribution in [1.82, 2.24) is 5.32 Å². The second-order valence-electron chi connectivity index (χ2n) is 6.03. The van der Waals surface area contributed by atoms with Crippen LogP contribution in [0.2, 0.25) is 0 Å². The van der Waals surface area contributed by atoms with E-state index in [-0.39, 0.29) is 12.1 Å². The Balaban J connectivity index is 1.83. The van der Waals surface area contributed by atoms with Crippen molar-refractivity contribution < 1.29 is 14.3 Å². The predicted molar refractivity (Wildman–Crippen MR) is 86.8 cm³/mol. The Labute approximate surface area is 134 Å². The summed E-state index contributed by atoms with van der Waals surface area (Å²) in [5.74, 6) is 1.45. The SMILES string of the molecule is COc1ccccc1N1C(=O)NC2CC1(C)Oc1ccccc12. The molecule has 2 bridgehead atoms. The van der Waals surface area contributed by atoms with Gasteiger partial charge in [0.15, 0.2) is 5.72 Å². The van der Waals surface area contributed by atoms with Crippen molar-refractivity contribution in [2.24, 2.45) is 0 Å². The van der Waals surface area contributed by atoms with Crippen LogP contribution < -0.4 is 19.7 Å². The lowest BCUT2D eigenvalue weighted by Gasteiger charge is -2.50. The van der Waals surface area contributed by atoms with Crippen molar-refractivity contribution in [1.29, 1.82) is 0 Å². The predicted octanol–water partition coefficient (Wildman–Crippen LogP) is 3.46. The third kappa shape index (κ3) is 2.04. The maximum atomic E-state index is 12.8. The molecule has 0 aliphatic carbocycles. The van der Waals surface area contributed by atoms with Gasteiger partial charge in [0.2, 0.25) is 0 Å². The third-order valence-corrected chi connectivity index (χ3v) is 4.51. The summed E-state index contributed by atoms with van der Waals surface area (Å²) >= 11 is 0. The van der Waals surface area contributed by atoms with E-state index in [1.54, 1.807) is 12.0 Å². The molecule has 1 saturated heterocycles. The van der Waals surface area contributed by atoms with Crippen LogP contribution in [0.4, 0.5) is 10.5 Å². The molecule has 0 saturated carbocycles.